The molecule has 5 aliphatic rings. The topological polar surface area (TPSA) is 117 Å². The van der Waals surface area contributed by atoms with Gasteiger partial charge in [-0.2, -0.15) is 0 Å². The van der Waals surface area contributed by atoms with Crippen molar-refractivity contribution in [1.82, 2.24) is 5.32 Å². The van der Waals surface area contributed by atoms with Crippen molar-refractivity contribution in [2.24, 2.45) is 46.3 Å². The summed E-state index contributed by atoms with van der Waals surface area (Å²) < 4.78 is 16.8. The lowest BCUT2D eigenvalue weighted by Gasteiger charge is -2.58. The first-order valence-electron chi connectivity index (χ1n) is 17.8. The maximum absolute atomic E-state index is 12.6. The molecule has 0 radical (unpaired) electrons. The summed E-state index contributed by atoms with van der Waals surface area (Å²) >= 11 is 0. The van der Waals surface area contributed by atoms with Gasteiger partial charge < -0.3 is 34.8 Å². The average Bonchev–Trinajstić information content (AvgIpc) is 3.34. The van der Waals surface area contributed by atoms with Gasteiger partial charge in [-0.3, -0.25) is 0 Å². The normalized spacial score (nSPS) is 44.3. The molecule has 1 saturated heterocycles. The molecular formula is C36H61NO7. The number of aliphatic hydroxyl groups excluding tert-OH is 3. The van der Waals surface area contributed by atoms with E-state index in [-0.39, 0.29) is 24.7 Å². The van der Waals surface area contributed by atoms with E-state index >= 15 is 0 Å². The Morgan fingerprint density at radius 3 is 2.55 bits per heavy atom. The molecule has 0 aromatic rings. The van der Waals surface area contributed by atoms with E-state index in [1.807, 2.05) is 0 Å². The van der Waals surface area contributed by atoms with Crippen LogP contribution in [0.25, 0.3) is 0 Å². The molecule has 13 atom stereocenters. The molecule has 4 fully saturated rings. The molecule has 0 aromatic heterocycles. The molecule has 1 aliphatic heterocycles. The van der Waals surface area contributed by atoms with Crippen molar-refractivity contribution >= 4 is 6.09 Å². The van der Waals surface area contributed by atoms with Crippen molar-refractivity contribution in [3.05, 3.63) is 11.6 Å². The highest BCUT2D eigenvalue weighted by atomic mass is 16.7. The zero-order chi connectivity index (χ0) is 31.8. The van der Waals surface area contributed by atoms with Crippen LogP contribution in [-0.2, 0) is 14.2 Å². The van der Waals surface area contributed by atoms with Crippen molar-refractivity contribution < 1.29 is 34.3 Å². The first-order valence-corrected chi connectivity index (χ1v) is 17.8. The van der Waals surface area contributed by atoms with E-state index in [4.69, 9.17) is 14.2 Å². The molecule has 44 heavy (non-hydrogen) atoms. The first-order chi connectivity index (χ1) is 20.8. The van der Waals surface area contributed by atoms with Crippen LogP contribution in [0.5, 0.6) is 0 Å². The molecule has 0 aromatic carbocycles. The number of nitrogens with one attached hydrogen (secondary N) is 1. The van der Waals surface area contributed by atoms with Crippen LogP contribution in [0.15, 0.2) is 11.6 Å². The number of alkyl carbamates (subject to hydrolysis) is 1. The molecule has 4 aliphatic carbocycles. The second kappa shape index (κ2) is 13.9. The monoisotopic (exact) mass is 619 g/mol. The summed E-state index contributed by atoms with van der Waals surface area (Å²) in [7, 11) is 0. The largest absolute Gasteiger partial charge is 0.446 e. The molecule has 1 heterocycles. The second-order valence-electron chi connectivity index (χ2n) is 16.0. The Bertz CT molecular complexity index is 1020. The van der Waals surface area contributed by atoms with Crippen molar-refractivity contribution in [3.8, 4) is 0 Å². The number of hydrogen-bond donors (Lipinski definition) is 4. The molecule has 8 nitrogen and oxygen atoms in total. The lowest BCUT2D eigenvalue weighted by Crippen LogP contribution is -2.57. The van der Waals surface area contributed by atoms with Crippen LogP contribution in [-0.4, -0.2) is 71.4 Å². The summed E-state index contributed by atoms with van der Waals surface area (Å²) in [5.74, 6) is 4.87. The molecular weight excluding hydrogens is 558 g/mol. The predicted molar refractivity (Wildman–Crippen MR) is 170 cm³/mol. The number of aliphatic hydroxyl groups is 3. The maximum atomic E-state index is 12.6. The quantitative estimate of drug-likeness (QED) is 0.176. The Morgan fingerprint density at radius 1 is 1.02 bits per heavy atom. The van der Waals surface area contributed by atoms with Crippen molar-refractivity contribution in [2.75, 3.05) is 13.2 Å². The minimum atomic E-state index is -1.36. The Balaban J connectivity index is 1.10. The fourth-order valence-corrected chi connectivity index (χ4v) is 10.4. The van der Waals surface area contributed by atoms with Gasteiger partial charge >= 0.3 is 6.09 Å². The van der Waals surface area contributed by atoms with Gasteiger partial charge in [0, 0.05) is 13.0 Å². The Kier molecular flexibility index (Phi) is 10.8. The van der Waals surface area contributed by atoms with E-state index in [0.717, 1.165) is 54.8 Å². The van der Waals surface area contributed by atoms with E-state index in [9.17, 15) is 20.1 Å². The van der Waals surface area contributed by atoms with Gasteiger partial charge in [0.2, 0.25) is 0 Å². The molecule has 8 heteroatoms. The second-order valence-corrected chi connectivity index (χ2v) is 16.0. The fourth-order valence-electron chi connectivity index (χ4n) is 10.4. The molecule has 0 spiro atoms. The summed E-state index contributed by atoms with van der Waals surface area (Å²) in [5.41, 5.74) is 2.21. The van der Waals surface area contributed by atoms with Gasteiger partial charge in [-0.1, -0.05) is 65.5 Å². The highest BCUT2D eigenvalue weighted by Gasteiger charge is 2.59. The average molecular weight is 620 g/mol. The number of fused-ring (bicyclic) bond motifs is 5. The van der Waals surface area contributed by atoms with Crippen molar-refractivity contribution in [2.45, 2.75) is 149 Å². The fraction of sp³-hybridized carbons (Fsp3) is 0.917. The summed E-state index contributed by atoms with van der Waals surface area (Å²) in [6, 6.07) is 0. The van der Waals surface area contributed by atoms with Crippen LogP contribution in [0.1, 0.15) is 112 Å². The van der Waals surface area contributed by atoms with Crippen LogP contribution in [0.3, 0.4) is 0 Å². The van der Waals surface area contributed by atoms with Crippen LogP contribution >= 0.6 is 0 Å². The number of amides is 1. The van der Waals surface area contributed by atoms with Gasteiger partial charge in [-0.15, -0.1) is 0 Å². The highest BCUT2D eigenvalue weighted by Crippen LogP contribution is 2.67. The summed E-state index contributed by atoms with van der Waals surface area (Å²) in [5, 5.41) is 32.6. The van der Waals surface area contributed by atoms with Gasteiger partial charge in [-0.05, 0) is 98.2 Å². The molecule has 9 unspecified atom stereocenters. The third kappa shape index (κ3) is 6.76. The Morgan fingerprint density at radius 2 is 1.80 bits per heavy atom. The van der Waals surface area contributed by atoms with Gasteiger partial charge in [0.05, 0.1) is 12.7 Å². The van der Waals surface area contributed by atoms with E-state index in [1.165, 1.54) is 56.9 Å². The molecule has 1 amide bonds. The lowest BCUT2D eigenvalue weighted by atomic mass is 9.47. The molecule has 5 rings (SSSR count). The minimum absolute atomic E-state index is 0.0843. The summed E-state index contributed by atoms with van der Waals surface area (Å²) in [6.07, 6.45) is 9.94. The Labute approximate surface area is 265 Å². The molecule has 4 N–H and O–H groups in total. The number of carbonyl (C=O) groups excluding carboxylic acids is 1. The molecule has 3 saturated carbocycles. The van der Waals surface area contributed by atoms with Crippen LogP contribution in [0, 0.1) is 46.3 Å². The van der Waals surface area contributed by atoms with E-state index in [0.29, 0.717) is 5.41 Å². The summed E-state index contributed by atoms with van der Waals surface area (Å²) in [4.78, 5) is 12.6. The van der Waals surface area contributed by atoms with Gasteiger partial charge in [0.1, 0.15) is 24.4 Å². The molecule has 252 valence electrons. The van der Waals surface area contributed by atoms with E-state index in [2.05, 4.69) is 46.0 Å². The highest BCUT2D eigenvalue weighted by molar-refractivity contribution is 5.67. The van der Waals surface area contributed by atoms with Crippen LogP contribution in [0.2, 0.25) is 0 Å². The van der Waals surface area contributed by atoms with Crippen molar-refractivity contribution in [1.29, 1.82) is 0 Å². The van der Waals surface area contributed by atoms with Crippen molar-refractivity contribution in [3.63, 3.8) is 0 Å². The van der Waals surface area contributed by atoms with E-state index < -0.39 is 36.8 Å². The van der Waals surface area contributed by atoms with Gasteiger partial charge in [0.15, 0.2) is 6.29 Å². The van der Waals surface area contributed by atoms with Crippen LogP contribution < -0.4 is 5.32 Å². The third-order valence-electron chi connectivity index (χ3n) is 13.0. The first kappa shape index (κ1) is 34.2. The van der Waals surface area contributed by atoms with Gasteiger partial charge in [-0.25, -0.2) is 4.79 Å². The molecule has 0 bridgehead atoms. The zero-order valence-electron chi connectivity index (χ0n) is 28.2. The zero-order valence-corrected chi connectivity index (χ0v) is 28.2. The predicted octanol–water partition coefficient (Wildman–Crippen LogP) is 5.97. The maximum Gasteiger partial charge on any atom is 0.407 e. The van der Waals surface area contributed by atoms with E-state index in [1.54, 1.807) is 6.92 Å². The number of allylic oxidation sites excluding steroid dienone is 1. The Hall–Kier alpha value is -1.19. The number of rotatable bonds is 10. The lowest BCUT2D eigenvalue weighted by molar-refractivity contribution is -0.292. The standard InChI is InChI=1S/C36H61NO7/c1-21(2)8-7-9-22(3)27-12-13-28-26-11-10-24-20-25(14-16-35(24,5)29(26)15-17-36(27,28)6)44-34(41)37-18-19-42-33-32(40)31(39)30(38)23(4)43-33/h10,21-23,25-33,38-40H,7-9,11-20H2,1-6H3,(H,37,41)/t22?,23?,25?,26?,27?,28?,29?,30-,31?,32-,33?,35+,36-/m1/s1. The van der Waals surface area contributed by atoms with Gasteiger partial charge in [0.25, 0.3) is 0 Å². The van der Waals surface area contributed by atoms with Crippen LogP contribution in [0.4, 0.5) is 4.79 Å². The third-order valence-corrected chi connectivity index (χ3v) is 13.0. The number of ether oxygens (including phenoxy) is 3. The summed E-state index contributed by atoms with van der Waals surface area (Å²) in [6.45, 7) is 14.3. The number of carbonyl (C=O) groups is 1. The number of hydrogen-bond acceptors (Lipinski definition) is 7. The smallest absolute Gasteiger partial charge is 0.407 e. The SMILES string of the molecule is CC(C)CCCC(C)C1CCC2C3CC=C4CC(OC(=O)NCCOC5OC(C)[C@@H](O)C(O)[C@H]5O)CC[C@]4(C)C3CC[C@]12C. The minimum Gasteiger partial charge on any atom is -0.446 e.